The van der Waals surface area contributed by atoms with Crippen LogP contribution in [-0.2, 0) is 11.3 Å². The Morgan fingerprint density at radius 1 is 0.852 bits per heavy atom. The van der Waals surface area contributed by atoms with E-state index in [0.717, 1.165) is 25.9 Å². The Morgan fingerprint density at radius 3 is 2.00 bits per heavy atom. The summed E-state index contributed by atoms with van der Waals surface area (Å²) in [5.74, 6) is 0.386. The lowest BCUT2D eigenvalue weighted by Crippen LogP contribution is -2.20. The van der Waals surface area contributed by atoms with Crippen LogP contribution in [0.15, 0.2) is 81.7 Å². The number of hydrogen-bond acceptors (Lipinski definition) is 3. The standard InChI is InChI=1S/C21H18Br2N2O2/c22-18-11-15(13-24-16-7-3-1-4-8-16)12-19(23)21(18)27-14-20(26)25-17-9-5-2-6-10-17/h1-12,24H,13-14H2,(H,25,26). The van der Waals surface area contributed by atoms with E-state index in [1.54, 1.807) is 0 Å². The number of halogens is 2. The summed E-state index contributed by atoms with van der Waals surface area (Å²) in [5, 5.41) is 6.16. The summed E-state index contributed by atoms with van der Waals surface area (Å²) in [7, 11) is 0. The van der Waals surface area contributed by atoms with Gasteiger partial charge in [-0.1, -0.05) is 36.4 Å². The highest BCUT2D eigenvalue weighted by Crippen LogP contribution is 2.35. The molecule has 6 heteroatoms. The molecule has 0 bridgehead atoms. The molecule has 3 rings (SSSR count). The van der Waals surface area contributed by atoms with Crippen LogP contribution in [0.3, 0.4) is 0 Å². The van der Waals surface area contributed by atoms with Crippen LogP contribution in [0.25, 0.3) is 0 Å². The van der Waals surface area contributed by atoms with Crippen LogP contribution in [-0.4, -0.2) is 12.5 Å². The van der Waals surface area contributed by atoms with E-state index in [0.29, 0.717) is 12.3 Å². The molecule has 2 N–H and O–H groups in total. The van der Waals surface area contributed by atoms with Gasteiger partial charge in [0, 0.05) is 17.9 Å². The van der Waals surface area contributed by atoms with E-state index in [9.17, 15) is 4.79 Å². The number of para-hydroxylation sites is 2. The average molecular weight is 490 g/mol. The minimum Gasteiger partial charge on any atom is -0.481 e. The first-order valence-corrected chi connectivity index (χ1v) is 9.95. The number of carbonyl (C=O) groups is 1. The molecule has 0 atom stereocenters. The number of amides is 1. The highest BCUT2D eigenvalue weighted by molar-refractivity contribution is 9.11. The van der Waals surface area contributed by atoms with Crippen LogP contribution in [0.2, 0.25) is 0 Å². The van der Waals surface area contributed by atoms with Gasteiger partial charge >= 0.3 is 0 Å². The molecule has 3 aromatic carbocycles. The second kappa shape index (κ2) is 9.58. The van der Waals surface area contributed by atoms with Gasteiger partial charge in [0.05, 0.1) is 8.95 Å². The van der Waals surface area contributed by atoms with E-state index in [2.05, 4.69) is 42.5 Å². The zero-order chi connectivity index (χ0) is 19.1. The lowest BCUT2D eigenvalue weighted by Gasteiger charge is -2.13. The smallest absolute Gasteiger partial charge is 0.262 e. The van der Waals surface area contributed by atoms with Gasteiger partial charge in [0.2, 0.25) is 0 Å². The minimum absolute atomic E-state index is 0.0757. The average Bonchev–Trinajstić information content (AvgIpc) is 2.67. The zero-order valence-corrected chi connectivity index (χ0v) is 17.6. The number of ether oxygens (including phenoxy) is 1. The first-order valence-electron chi connectivity index (χ1n) is 8.36. The molecular formula is C21H18Br2N2O2. The van der Waals surface area contributed by atoms with E-state index >= 15 is 0 Å². The summed E-state index contributed by atoms with van der Waals surface area (Å²) < 4.78 is 7.27. The second-order valence-corrected chi connectivity index (χ2v) is 7.52. The third kappa shape index (κ3) is 5.84. The molecule has 138 valence electrons. The number of hydrogen-bond donors (Lipinski definition) is 2. The highest BCUT2D eigenvalue weighted by Gasteiger charge is 2.11. The van der Waals surface area contributed by atoms with Crippen LogP contribution < -0.4 is 15.4 Å². The Bertz CT molecular complexity index is 880. The molecule has 0 spiro atoms. The Kier molecular flexibility index (Phi) is 6.90. The Labute approximate surface area is 175 Å². The number of anilines is 2. The van der Waals surface area contributed by atoms with Crippen molar-refractivity contribution >= 4 is 49.1 Å². The van der Waals surface area contributed by atoms with Crippen molar-refractivity contribution in [2.45, 2.75) is 6.54 Å². The molecule has 0 radical (unpaired) electrons. The molecule has 4 nitrogen and oxygen atoms in total. The Hall–Kier alpha value is -2.31. The topological polar surface area (TPSA) is 50.4 Å². The van der Waals surface area contributed by atoms with Gasteiger partial charge in [-0.15, -0.1) is 0 Å². The van der Waals surface area contributed by atoms with Gasteiger partial charge in [0.1, 0.15) is 5.75 Å². The number of carbonyl (C=O) groups excluding carboxylic acids is 1. The van der Waals surface area contributed by atoms with Crippen molar-refractivity contribution in [3.05, 3.63) is 87.3 Å². The van der Waals surface area contributed by atoms with Crippen molar-refractivity contribution in [3.63, 3.8) is 0 Å². The molecule has 0 saturated carbocycles. The minimum atomic E-state index is -0.213. The highest BCUT2D eigenvalue weighted by atomic mass is 79.9. The molecule has 0 unspecified atom stereocenters. The lowest BCUT2D eigenvalue weighted by atomic mass is 10.2. The molecule has 0 fully saturated rings. The largest absolute Gasteiger partial charge is 0.481 e. The van der Waals surface area contributed by atoms with Crippen molar-refractivity contribution < 1.29 is 9.53 Å². The van der Waals surface area contributed by atoms with Crippen molar-refractivity contribution in [3.8, 4) is 5.75 Å². The van der Waals surface area contributed by atoms with E-state index in [1.807, 2.05) is 72.8 Å². The van der Waals surface area contributed by atoms with Crippen LogP contribution >= 0.6 is 31.9 Å². The first kappa shape index (κ1) is 19.5. The van der Waals surface area contributed by atoms with Crippen LogP contribution in [0, 0.1) is 0 Å². The maximum absolute atomic E-state index is 12.1. The second-order valence-electron chi connectivity index (χ2n) is 5.81. The maximum atomic E-state index is 12.1. The zero-order valence-electron chi connectivity index (χ0n) is 14.4. The monoisotopic (exact) mass is 488 g/mol. The molecule has 1 amide bonds. The van der Waals surface area contributed by atoms with E-state index in [1.165, 1.54) is 0 Å². The molecule has 3 aromatic rings. The summed E-state index contributed by atoms with van der Waals surface area (Å²) in [4.78, 5) is 12.1. The molecule has 0 aromatic heterocycles. The van der Waals surface area contributed by atoms with E-state index < -0.39 is 0 Å². The Balaban J connectivity index is 1.58. The number of benzene rings is 3. The van der Waals surface area contributed by atoms with Crippen molar-refractivity contribution in [2.24, 2.45) is 0 Å². The van der Waals surface area contributed by atoms with Gasteiger partial charge in [-0.3, -0.25) is 4.79 Å². The first-order chi connectivity index (χ1) is 13.1. The van der Waals surface area contributed by atoms with Gasteiger partial charge < -0.3 is 15.4 Å². The van der Waals surface area contributed by atoms with Gasteiger partial charge in [-0.25, -0.2) is 0 Å². The van der Waals surface area contributed by atoms with Gasteiger partial charge in [0.15, 0.2) is 6.61 Å². The third-order valence-corrected chi connectivity index (χ3v) is 4.91. The summed E-state index contributed by atoms with van der Waals surface area (Å²) in [5.41, 5.74) is 2.88. The summed E-state index contributed by atoms with van der Waals surface area (Å²) in [6.45, 7) is 0.601. The Morgan fingerprint density at radius 2 is 1.41 bits per heavy atom. The van der Waals surface area contributed by atoms with Gasteiger partial charge in [-0.2, -0.15) is 0 Å². The predicted molar refractivity (Wildman–Crippen MR) is 116 cm³/mol. The van der Waals surface area contributed by atoms with Crippen LogP contribution in [0.5, 0.6) is 5.75 Å². The number of rotatable bonds is 7. The predicted octanol–water partition coefficient (Wildman–Crippen LogP) is 5.84. The van der Waals surface area contributed by atoms with Crippen molar-refractivity contribution in [2.75, 3.05) is 17.2 Å². The molecule has 0 aliphatic heterocycles. The molecule has 0 aliphatic rings. The number of nitrogens with one attached hydrogen (secondary N) is 2. The molecule has 27 heavy (non-hydrogen) atoms. The fraction of sp³-hybridized carbons (Fsp3) is 0.0952. The quantitative estimate of drug-likeness (QED) is 0.438. The van der Waals surface area contributed by atoms with Gasteiger partial charge in [0.25, 0.3) is 5.91 Å². The van der Waals surface area contributed by atoms with E-state index in [4.69, 9.17) is 4.74 Å². The van der Waals surface area contributed by atoms with Crippen LogP contribution in [0.4, 0.5) is 11.4 Å². The fourth-order valence-corrected chi connectivity index (χ4v) is 3.98. The molecule has 0 heterocycles. The summed E-state index contributed by atoms with van der Waals surface area (Å²) >= 11 is 7.05. The SMILES string of the molecule is O=C(COc1c(Br)cc(CNc2ccccc2)cc1Br)Nc1ccccc1. The fourth-order valence-electron chi connectivity index (χ4n) is 2.47. The lowest BCUT2D eigenvalue weighted by molar-refractivity contribution is -0.118. The molecule has 0 aliphatic carbocycles. The third-order valence-electron chi connectivity index (χ3n) is 3.73. The van der Waals surface area contributed by atoms with Crippen molar-refractivity contribution in [1.29, 1.82) is 0 Å². The van der Waals surface area contributed by atoms with Crippen molar-refractivity contribution in [1.82, 2.24) is 0 Å². The maximum Gasteiger partial charge on any atom is 0.262 e. The summed E-state index contributed by atoms with van der Waals surface area (Å²) in [6, 6.07) is 23.3. The molecule has 0 saturated heterocycles. The summed E-state index contributed by atoms with van der Waals surface area (Å²) in [6.07, 6.45) is 0. The van der Waals surface area contributed by atoms with Gasteiger partial charge in [-0.05, 0) is 73.8 Å². The molecular weight excluding hydrogens is 472 g/mol. The van der Waals surface area contributed by atoms with E-state index in [-0.39, 0.29) is 12.5 Å². The normalized spacial score (nSPS) is 10.3. The van der Waals surface area contributed by atoms with Crippen LogP contribution in [0.1, 0.15) is 5.56 Å².